The van der Waals surface area contributed by atoms with Crippen molar-refractivity contribution in [2.24, 2.45) is 17.3 Å². The third-order valence-electron chi connectivity index (χ3n) is 8.69. The Morgan fingerprint density at radius 1 is 1.08 bits per heavy atom. The maximum absolute atomic E-state index is 6.83. The first-order chi connectivity index (χ1) is 12.2. The Balaban J connectivity index is 1.55. The van der Waals surface area contributed by atoms with E-state index in [-0.39, 0.29) is 0 Å². The van der Waals surface area contributed by atoms with Crippen LogP contribution in [0.5, 0.6) is 0 Å². The maximum atomic E-state index is 6.83. The van der Waals surface area contributed by atoms with Crippen molar-refractivity contribution in [1.29, 1.82) is 0 Å². The summed E-state index contributed by atoms with van der Waals surface area (Å²) in [5, 5.41) is 0.318. The molecule has 3 aliphatic rings. The lowest BCUT2D eigenvalue weighted by molar-refractivity contribution is 0.000538. The average molecular weight is 371 g/mol. The molecule has 2 saturated carbocycles. The lowest BCUT2D eigenvalue weighted by atomic mass is 9.55. The van der Waals surface area contributed by atoms with E-state index >= 15 is 0 Å². The van der Waals surface area contributed by atoms with E-state index in [0.29, 0.717) is 10.5 Å². The zero-order valence-corrected chi connectivity index (χ0v) is 18.6. The minimum absolute atomic E-state index is 0.318. The Bertz CT molecular complexity index is 658. The molecule has 0 aromatic heterocycles. The molecule has 0 radical (unpaired) electrons. The molecule has 2 fully saturated rings. The SMILES string of the molecule is CC(C)(C)[Si](C)(C)OC[C@@]12CCC[C@H]1[C@@H]1CCc3ccccc3[C@H]1CC2. The van der Waals surface area contributed by atoms with Gasteiger partial charge in [0.15, 0.2) is 8.32 Å². The molecular formula is C24H38OSi. The molecule has 1 aromatic carbocycles. The first-order valence-corrected chi connectivity index (χ1v) is 13.9. The number of benzene rings is 1. The van der Waals surface area contributed by atoms with E-state index in [9.17, 15) is 0 Å². The van der Waals surface area contributed by atoms with Gasteiger partial charge in [-0.05, 0) is 91.0 Å². The predicted molar refractivity (Wildman–Crippen MR) is 113 cm³/mol. The molecule has 0 saturated heterocycles. The molecule has 144 valence electrons. The van der Waals surface area contributed by atoms with Crippen LogP contribution in [0.4, 0.5) is 0 Å². The van der Waals surface area contributed by atoms with Crippen LogP contribution in [-0.2, 0) is 10.8 Å². The van der Waals surface area contributed by atoms with E-state index in [2.05, 4.69) is 58.1 Å². The lowest BCUT2D eigenvalue weighted by Crippen LogP contribution is -2.48. The fraction of sp³-hybridized carbons (Fsp3) is 0.750. The van der Waals surface area contributed by atoms with Crippen LogP contribution in [0.15, 0.2) is 24.3 Å². The monoisotopic (exact) mass is 370 g/mol. The van der Waals surface area contributed by atoms with Crippen molar-refractivity contribution >= 4 is 8.32 Å². The molecule has 1 aromatic rings. The number of fused-ring (bicyclic) bond motifs is 5. The van der Waals surface area contributed by atoms with Gasteiger partial charge >= 0.3 is 0 Å². The summed E-state index contributed by atoms with van der Waals surface area (Å²) < 4.78 is 6.83. The quantitative estimate of drug-likeness (QED) is 0.524. The van der Waals surface area contributed by atoms with Crippen LogP contribution in [-0.4, -0.2) is 14.9 Å². The highest BCUT2D eigenvalue weighted by Gasteiger charge is 2.53. The largest absolute Gasteiger partial charge is 0.416 e. The molecule has 4 atom stereocenters. The minimum Gasteiger partial charge on any atom is -0.416 e. The summed E-state index contributed by atoms with van der Waals surface area (Å²) in [6.07, 6.45) is 9.78. The molecule has 0 N–H and O–H groups in total. The van der Waals surface area contributed by atoms with Gasteiger partial charge in [0.25, 0.3) is 0 Å². The summed E-state index contributed by atoms with van der Waals surface area (Å²) in [6, 6.07) is 9.30. The van der Waals surface area contributed by atoms with Gasteiger partial charge in [0.2, 0.25) is 0 Å². The Morgan fingerprint density at radius 3 is 2.62 bits per heavy atom. The van der Waals surface area contributed by atoms with E-state index < -0.39 is 8.32 Å². The molecule has 0 amide bonds. The number of rotatable bonds is 3. The van der Waals surface area contributed by atoms with Crippen molar-refractivity contribution in [3.8, 4) is 0 Å². The molecule has 0 unspecified atom stereocenters. The Labute approximate surface area is 162 Å². The van der Waals surface area contributed by atoms with Crippen LogP contribution in [0.3, 0.4) is 0 Å². The molecule has 0 spiro atoms. The molecule has 0 heterocycles. The van der Waals surface area contributed by atoms with Crippen LogP contribution < -0.4 is 0 Å². The van der Waals surface area contributed by atoms with Gasteiger partial charge in [-0.3, -0.25) is 0 Å². The van der Waals surface area contributed by atoms with Crippen LogP contribution in [0.2, 0.25) is 18.1 Å². The molecule has 1 nitrogen and oxygen atoms in total. The fourth-order valence-corrected chi connectivity index (χ4v) is 7.19. The second-order valence-electron chi connectivity index (χ2n) is 11.0. The lowest BCUT2D eigenvalue weighted by Gasteiger charge is -2.51. The van der Waals surface area contributed by atoms with Gasteiger partial charge in [0.1, 0.15) is 0 Å². The summed E-state index contributed by atoms with van der Waals surface area (Å²) >= 11 is 0. The van der Waals surface area contributed by atoms with Crippen molar-refractivity contribution in [3.05, 3.63) is 35.4 Å². The summed E-state index contributed by atoms with van der Waals surface area (Å²) in [4.78, 5) is 0. The van der Waals surface area contributed by atoms with E-state index in [1.807, 2.05) is 0 Å². The van der Waals surface area contributed by atoms with E-state index in [1.54, 1.807) is 11.1 Å². The van der Waals surface area contributed by atoms with Crippen LogP contribution in [0.1, 0.15) is 76.3 Å². The highest BCUT2D eigenvalue weighted by atomic mass is 28.4. The standard InChI is InChI=1S/C24H38OSi/c1-23(2,3)26(4,5)25-17-24-15-8-11-22(24)21-13-12-18-9-6-7-10-19(18)20(21)14-16-24/h6-7,9-10,20-22H,8,11-17H2,1-5H3/t20-,21-,22+,24+/m1/s1. The number of aryl methyl sites for hydroxylation is 1. The van der Waals surface area contributed by atoms with Crippen molar-refractivity contribution in [3.63, 3.8) is 0 Å². The van der Waals surface area contributed by atoms with Crippen LogP contribution in [0, 0.1) is 17.3 Å². The number of hydrogen-bond acceptors (Lipinski definition) is 1. The average Bonchev–Trinajstić information content (AvgIpc) is 3.03. The van der Waals surface area contributed by atoms with Gasteiger partial charge in [-0.2, -0.15) is 0 Å². The van der Waals surface area contributed by atoms with Crippen molar-refractivity contribution in [1.82, 2.24) is 0 Å². The maximum Gasteiger partial charge on any atom is 0.192 e. The fourth-order valence-electron chi connectivity index (χ4n) is 6.11. The third-order valence-corrected chi connectivity index (χ3v) is 13.2. The van der Waals surface area contributed by atoms with Gasteiger partial charge in [-0.1, -0.05) is 51.5 Å². The summed E-state index contributed by atoms with van der Waals surface area (Å²) in [7, 11) is -1.66. The highest BCUT2D eigenvalue weighted by molar-refractivity contribution is 6.74. The topological polar surface area (TPSA) is 9.23 Å². The Hall–Kier alpha value is -0.603. The minimum atomic E-state index is -1.66. The van der Waals surface area contributed by atoms with Crippen LogP contribution in [0.25, 0.3) is 0 Å². The molecule has 4 rings (SSSR count). The molecule has 0 bridgehead atoms. The zero-order valence-electron chi connectivity index (χ0n) is 17.6. The van der Waals surface area contributed by atoms with Crippen molar-refractivity contribution in [2.75, 3.05) is 6.61 Å². The Kier molecular flexibility index (Phi) is 4.67. The van der Waals surface area contributed by atoms with Gasteiger partial charge in [0, 0.05) is 6.61 Å². The van der Waals surface area contributed by atoms with Crippen LogP contribution >= 0.6 is 0 Å². The van der Waals surface area contributed by atoms with Gasteiger partial charge in [0.05, 0.1) is 0 Å². The second kappa shape index (κ2) is 6.48. The predicted octanol–water partition coefficient (Wildman–Crippen LogP) is 6.93. The van der Waals surface area contributed by atoms with E-state index in [1.165, 1.54) is 44.9 Å². The molecule has 2 heteroatoms. The zero-order chi connectivity index (χ0) is 18.6. The van der Waals surface area contributed by atoms with Gasteiger partial charge < -0.3 is 4.43 Å². The van der Waals surface area contributed by atoms with E-state index in [0.717, 1.165) is 24.4 Å². The van der Waals surface area contributed by atoms with Gasteiger partial charge in [-0.25, -0.2) is 0 Å². The molecule has 26 heavy (non-hydrogen) atoms. The van der Waals surface area contributed by atoms with Gasteiger partial charge in [-0.15, -0.1) is 0 Å². The van der Waals surface area contributed by atoms with Crippen molar-refractivity contribution < 1.29 is 4.43 Å². The normalized spacial score (nSPS) is 34.1. The summed E-state index contributed by atoms with van der Waals surface area (Å²) in [6.45, 7) is 13.0. The van der Waals surface area contributed by atoms with E-state index in [4.69, 9.17) is 4.43 Å². The molecule has 3 aliphatic carbocycles. The molecular weight excluding hydrogens is 332 g/mol. The first-order valence-electron chi connectivity index (χ1n) is 11.0. The summed E-state index contributed by atoms with van der Waals surface area (Å²) in [5.41, 5.74) is 3.81. The van der Waals surface area contributed by atoms with Crippen molar-refractivity contribution in [2.45, 2.75) is 89.8 Å². The third kappa shape index (κ3) is 3.01. The first kappa shape index (κ1) is 18.7. The summed E-state index contributed by atoms with van der Waals surface area (Å²) in [5.74, 6) is 2.63. The highest BCUT2D eigenvalue weighted by Crippen LogP contribution is 2.61. The molecule has 0 aliphatic heterocycles. The number of hydrogen-bond donors (Lipinski definition) is 0. The Morgan fingerprint density at radius 2 is 1.85 bits per heavy atom. The smallest absolute Gasteiger partial charge is 0.192 e. The second-order valence-corrected chi connectivity index (χ2v) is 15.8.